The SMILES string of the molecule is c1ccc(-c2cccc(-c3nc(-c4cc(-c5ccccc5)c5ccccc5c4)nc(-c4cccc5oc6ccccc6c45)n3)c2)cc1. The van der Waals surface area contributed by atoms with Gasteiger partial charge in [-0.05, 0) is 63.4 Å². The maximum atomic E-state index is 6.25. The van der Waals surface area contributed by atoms with Crippen molar-refractivity contribution in [2.24, 2.45) is 0 Å². The second-order valence-electron chi connectivity index (χ2n) is 11.6. The lowest BCUT2D eigenvalue weighted by Crippen LogP contribution is -2.01. The molecule has 0 saturated heterocycles. The normalized spacial score (nSPS) is 11.4. The molecule has 0 saturated carbocycles. The lowest BCUT2D eigenvalue weighted by molar-refractivity contribution is 0.669. The summed E-state index contributed by atoms with van der Waals surface area (Å²) in [5.74, 6) is 1.83. The van der Waals surface area contributed by atoms with Crippen LogP contribution >= 0.6 is 0 Å². The van der Waals surface area contributed by atoms with E-state index in [2.05, 4.69) is 121 Å². The van der Waals surface area contributed by atoms with Crippen LogP contribution < -0.4 is 0 Å². The van der Waals surface area contributed by atoms with Gasteiger partial charge in [-0.3, -0.25) is 0 Å². The molecule has 0 fully saturated rings. The fourth-order valence-electron chi connectivity index (χ4n) is 6.48. The molecule has 2 aromatic heterocycles. The molecule has 2 heterocycles. The molecule has 0 N–H and O–H groups in total. The molecule has 9 aromatic rings. The Hall–Kier alpha value is -6.39. The zero-order valence-electron chi connectivity index (χ0n) is 25.3. The van der Waals surface area contributed by atoms with Crippen molar-refractivity contribution < 1.29 is 4.42 Å². The van der Waals surface area contributed by atoms with Gasteiger partial charge in [0.15, 0.2) is 17.5 Å². The zero-order chi connectivity index (χ0) is 31.2. The summed E-state index contributed by atoms with van der Waals surface area (Å²) in [6.07, 6.45) is 0. The lowest BCUT2D eigenvalue weighted by Gasteiger charge is -2.13. The summed E-state index contributed by atoms with van der Waals surface area (Å²) < 4.78 is 6.25. The predicted molar refractivity (Wildman–Crippen MR) is 192 cm³/mol. The Morgan fingerprint density at radius 3 is 1.77 bits per heavy atom. The highest BCUT2D eigenvalue weighted by atomic mass is 16.3. The summed E-state index contributed by atoms with van der Waals surface area (Å²) in [7, 11) is 0. The summed E-state index contributed by atoms with van der Waals surface area (Å²) in [6, 6.07) is 56.3. The Morgan fingerprint density at radius 2 is 0.936 bits per heavy atom. The maximum Gasteiger partial charge on any atom is 0.164 e. The van der Waals surface area contributed by atoms with Crippen LogP contribution in [0.15, 0.2) is 168 Å². The van der Waals surface area contributed by atoms with Crippen LogP contribution in [-0.2, 0) is 0 Å². The molecule has 0 aliphatic carbocycles. The van der Waals surface area contributed by atoms with Gasteiger partial charge in [0.05, 0.1) is 0 Å². The Bertz CT molecular complexity index is 2570. The van der Waals surface area contributed by atoms with E-state index in [0.717, 1.165) is 66.3 Å². The van der Waals surface area contributed by atoms with Crippen LogP contribution in [0.4, 0.5) is 0 Å². The van der Waals surface area contributed by atoms with Gasteiger partial charge >= 0.3 is 0 Å². The number of rotatable bonds is 5. The first-order valence-corrected chi connectivity index (χ1v) is 15.7. The van der Waals surface area contributed by atoms with Gasteiger partial charge in [-0.25, -0.2) is 15.0 Å². The fraction of sp³-hybridized carbons (Fsp3) is 0. The number of aromatic nitrogens is 3. The van der Waals surface area contributed by atoms with Gasteiger partial charge in [-0.15, -0.1) is 0 Å². The number of nitrogens with zero attached hydrogens (tertiary/aromatic N) is 3. The third-order valence-electron chi connectivity index (χ3n) is 8.71. The quantitative estimate of drug-likeness (QED) is 0.197. The first-order chi connectivity index (χ1) is 23.3. The van der Waals surface area contributed by atoms with Gasteiger partial charge in [-0.2, -0.15) is 0 Å². The van der Waals surface area contributed by atoms with Crippen LogP contribution in [0.1, 0.15) is 0 Å². The van der Waals surface area contributed by atoms with Gasteiger partial charge in [-0.1, -0.05) is 133 Å². The van der Waals surface area contributed by atoms with Crippen molar-refractivity contribution in [2.45, 2.75) is 0 Å². The Kier molecular flexibility index (Phi) is 6.43. The van der Waals surface area contributed by atoms with Crippen molar-refractivity contribution in [3.8, 4) is 56.4 Å². The van der Waals surface area contributed by atoms with E-state index in [-0.39, 0.29) is 0 Å². The first-order valence-electron chi connectivity index (χ1n) is 15.7. The Labute approximate surface area is 271 Å². The molecule has 0 amide bonds. The second kappa shape index (κ2) is 11.2. The van der Waals surface area contributed by atoms with Crippen LogP contribution in [0.25, 0.3) is 89.1 Å². The summed E-state index contributed by atoms with van der Waals surface area (Å²) in [6.45, 7) is 0. The minimum Gasteiger partial charge on any atom is -0.456 e. The zero-order valence-corrected chi connectivity index (χ0v) is 25.3. The van der Waals surface area contributed by atoms with Gasteiger partial charge in [0.25, 0.3) is 0 Å². The van der Waals surface area contributed by atoms with Crippen LogP contribution in [-0.4, -0.2) is 15.0 Å². The van der Waals surface area contributed by atoms with Crippen molar-refractivity contribution in [3.63, 3.8) is 0 Å². The molecule has 9 rings (SSSR count). The largest absolute Gasteiger partial charge is 0.456 e. The van der Waals surface area contributed by atoms with Crippen molar-refractivity contribution in [1.82, 2.24) is 15.0 Å². The average molecular weight is 602 g/mol. The molecule has 0 radical (unpaired) electrons. The summed E-state index contributed by atoms with van der Waals surface area (Å²) >= 11 is 0. The molecule has 0 bridgehead atoms. The summed E-state index contributed by atoms with van der Waals surface area (Å²) in [4.78, 5) is 15.5. The van der Waals surface area contributed by atoms with Crippen molar-refractivity contribution in [3.05, 3.63) is 164 Å². The molecule has 4 nitrogen and oxygen atoms in total. The van der Waals surface area contributed by atoms with Crippen LogP contribution in [0, 0.1) is 0 Å². The number of para-hydroxylation sites is 1. The second-order valence-corrected chi connectivity index (χ2v) is 11.6. The molecular formula is C43H27N3O. The van der Waals surface area contributed by atoms with Gasteiger partial charge in [0, 0.05) is 27.5 Å². The molecule has 0 aliphatic heterocycles. The van der Waals surface area contributed by atoms with E-state index in [4.69, 9.17) is 19.4 Å². The summed E-state index contributed by atoms with van der Waals surface area (Å²) in [5, 5.41) is 4.33. The van der Waals surface area contributed by atoms with Crippen LogP contribution in [0.2, 0.25) is 0 Å². The molecule has 0 spiro atoms. The molecule has 4 heteroatoms. The maximum absolute atomic E-state index is 6.25. The van der Waals surface area contributed by atoms with Gasteiger partial charge in [0.1, 0.15) is 11.2 Å². The van der Waals surface area contributed by atoms with Crippen molar-refractivity contribution in [1.29, 1.82) is 0 Å². The average Bonchev–Trinajstić information content (AvgIpc) is 3.54. The molecule has 0 aliphatic rings. The van der Waals surface area contributed by atoms with E-state index in [1.807, 2.05) is 42.5 Å². The third kappa shape index (κ3) is 4.84. The third-order valence-corrected chi connectivity index (χ3v) is 8.71. The number of hydrogen-bond acceptors (Lipinski definition) is 4. The smallest absolute Gasteiger partial charge is 0.164 e. The highest BCUT2D eigenvalue weighted by Crippen LogP contribution is 2.38. The van der Waals surface area contributed by atoms with E-state index in [1.165, 1.54) is 5.39 Å². The number of hydrogen-bond donors (Lipinski definition) is 0. The monoisotopic (exact) mass is 601 g/mol. The van der Waals surface area contributed by atoms with E-state index >= 15 is 0 Å². The number of furan rings is 1. The highest BCUT2D eigenvalue weighted by Gasteiger charge is 2.19. The number of fused-ring (bicyclic) bond motifs is 4. The topological polar surface area (TPSA) is 51.8 Å². The van der Waals surface area contributed by atoms with Gasteiger partial charge < -0.3 is 4.42 Å². The Morgan fingerprint density at radius 1 is 0.340 bits per heavy atom. The highest BCUT2D eigenvalue weighted by molar-refractivity contribution is 6.11. The molecule has 0 atom stereocenters. The van der Waals surface area contributed by atoms with E-state index in [1.54, 1.807) is 0 Å². The molecule has 0 unspecified atom stereocenters. The van der Waals surface area contributed by atoms with Crippen molar-refractivity contribution >= 4 is 32.7 Å². The van der Waals surface area contributed by atoms with Gasteiger partial charge in [0.2, 0.25) is 0 Å². The minimum atomic E-state index is 0.599. The molecule has 7 aromatic carbocycles. The van der Waals surface area contributed by atoms with E-state index in [9.17, 15) is 0 Å². The molecule has 47 heavy (non-hydrogen) atoms. The molecular weight excluding hydrogens is 574 g/mol. The van der Waals surface area contributed by atoms with Crippen LogP contribution in [0.5, 0.6) is 0 Å². The Balaban J connectivity index is 1.31. The fourth-order valence-corrected chi connectivity index (χ4v) is 6.48. The lowest BCUT2D eigenvalue weighted by atomic mass is 9.95. The minimum absolute atomic E-state index is 0.599. The van der Waals surface area contributed by atoms with E-state index in [0.29, 0.717) is 17.5 Å². The molecule has 220 valence electrons. The first kappa shape index (κ1) is 27.0. The van der Waals surface area contributed by atoms with E-state index < -0.39 is 0 Å². The standard InChI is InChI=1S/C43H27N3O/c1-3-13-28(14-4-1)30-18-11-19-32(25-30)41-44-42(33-26-31-17-7-8-20-34(31)37(27-33)29-15-5-2-6-16-29)46-43(45-41)36-22-12-24-39-40(36)35-21-9-10-23-38(35)47-39/h1-27H. The van der Waals surface area contributed by atoms with Crippen molar-refractivity contribution in [2.75, 3.05) is 0 Å². The number of benzene rings is 7. The summed E-state index contributed by atoms with van der Waals surface area (Å²) in [5.41, 5.74) is 8.91. The predicted octanol–water partition coefficient (Wildman–Crippen LogP) is 11.3. The van der Waals surface area contributed by atoms with Crippen LogP contribution in [0.3, 0.4) is 0 Å².